The zero-order valence-corrected chi connectivity index (χ0v) is 16.7. The summed E-state index contributed by atoms with van der Waals surface area (Å²) in [5.74, 6) is 1.51. The Morgan fingerprint density at radius 3 is 2.03 bits per heavy atom. The molecule has 0 aliphatic rings. The number of hydrogen-bond acceptors (Lipinski definition) is 5. The molecule has 0 saturated heterocycles. The molecule has 0 amide bonds. The number of aryl methyl sites for hydroxylation is 2. The van der Waals surface area contributed by atoms with Crippen LogP contribution in [0.2, 0.25) is 0 Å². The highest BCUT2D eigenvalue weighted by molar-refractivity contribution is 5.68. The second kappa shape index (κ2) is 6.73. The predicted octanol–water partition coefficient (Wildman–Crippen LogP) is 4.03. The van der Waals surface area contributed by atoms with Crippen molar-refractivity contribution in [2.45, 2.75) is 13.8 Å². The van der Waals surface area contributed by atoms with Crippen molar-refractivity contribution in [3.8, 4) is 28.3 Å². The van der Waals surface area contributed by atoms with E-state index in [1.165, 1.54) is 11.1 Å². The summed E-state index contributed by atoms with van der Waals surface area (Å²) in [6.45, 7) is 4.11. The average molecular weight is 395 g/mol. The number of benzene rings is 2. The Balaban J connectivity index is 1.63. The van der Waals surface area contributed by atoms with E-state index in [1.807, 2.05) is 42.5 Å². The number of nitrogens with two attached hydrogens (primary N) is 2. The molecule has 0 radical (unpaired) electrons. The van der Waals surface area contributed by atoms with E-state index in [0.717, 1.165) is 22.5 Å². The summed E-state index contributed by atoms with van der Waals surface area (Å²) in [7, 11) is 0. The van der Waals surface area contributed by atoms with Crippen LogP contribution in [0.3, 0.4) is 0 Å². The van der Waals surface area contributed by atoms with E-state index in [1.54, 1.807) is 9.20 Å². The minimum atomic E-state index is 0.429. The van der Waals surface area contributed by atoms with Crippen molar-refractivity contribution in [2.24, 2.45) is 0 Å². The lowest BCUT2D eigenvalue weighted by molar-refractivity contribution is 0.825. The van der Waals surface area contributed by atoms with Crippen LogP contribution in [0.5, 0.6) is 0 Å². The molecule has 0 bridgehead atoms. The first kappa shape index (κ1) is 17.9. The Kier molecular flexibility index (Phi) is 4.03. The molecule has 0 saturated carbocycles. The maximum absolute atomic E-state index is 6.26. The topological polar surface area (TPSA) is 100 Å². The molecule has 0 aliphatic heterocycles. The van der Waals surface area contributed by atoms with Crippen molar-refractivity contribution in [3.05, 3.63) is 77.9 Å². The van der Waals surface area contributed by atoms with Crippen LogP contribution in [0, 0.1) is 13.8 Å². The average Bonchev–Trinajstić information content (AvgIpc) is 3.32. The van der Waals surface area contributed by atoms with Crippen molar-refractivity contribution < 1.29 is 0 Å². The number of aromatic nitrogens is 5. The first-order chi connectivity index (χ1) is 14.5. The molecule has 5 aromatic rings. The van der Waals surface area contributed by atoms with Gasteiger partial charge in [0.15, 0.2) is 11.5 Å². The highest BCUT2D eigenvalue weighted by Crippen LogP contribution is 2.26. The monoisotopic (exact) mass is 395 g/mol. The molecule has 0 aliphatic carbocycles. The third-order valence-corrected chi connectivity index (χ3v) is 5.08. The van der Waals surface area contributed by atoms with Gasteiger partial charge in [-0.1, -0.05) is 59.7 Å². The van der Waals surface area contributed by atoms with Gasteiger partial charge in [-0.25, -0.2) is 9.50 Å². The molecule has 0 spiro atoms. The van der Waals surface area contributed by atoms with Gasteiger partial charge in [0.05, 0.1) is 11.4 Å². The third kappa shape index (κ3) is 3.06. The van der Waals surface area contributed by atoms with E-state index < -0.39 is 0 Å². The standard InChI is InChI=1S/C23H21N7/c1-14-3-7-16(8-4-14)18-11-21(25)30(27-18)23-13-22-26-20(24)12-19(29(22)28-23)17-9-5-15(2)6-10-17/h3-13H,25H2,1-2H3,(H2,24,26). The minimum absolute atomic E-state index is 0.429. The summed E-state index contributed by atoms with van der Waals surface area (Å²) in [5, 5.41) is 9.39. The molecule has 3 aromatic heterocycles. The molecule has 3 heterocycles. The van der Waals surface area contributed by atoms with Crippen LogP contribution in [0.1, 0.15) is 11.1 Å². The van der Waals surface area contributed by atoms with Gasteiger partial charge in [0.1, 0.15) is 11.6 Å². The smallest absolute Gasteiger partial charge is 0.180 e. The van der Waals surface area contributed by atoms with Crippen molar-refractivity contribution in [1.82, 2.24) is 24.4 Å². The quantitative estimate of drug-likeness (QED) is 0.480. The van der Waals surface area contributed by atoms with Crippen LogP contribution in [0.15, 0.2) is 66.7 Å². The largest absolute Gasteiger partial charge is 0.384 e. The lowest BCUT2D eigenvalue weighted by Crippen LogP contribution is -2.04. The summed E-state index contributed by atoms with van der Waals surface area (Å²) in [4.78, 5) is 4.43. The van der Waals surface area contributed by atoms with Gasteiger partial charge >= 0.3 is 0 Å². The summed E-state index contributed by atoms with van der Waals surface area (Å²) >= 11 is 0. The zero-order valence-electron chi connectivity index (χ0n) is 16.7. The summed E-state index contributed by atoms with van der Waals surface area (Å²) in [5.41, 5.74) is 19.0. The van der Waals surface area contributed by atoms with Crippen LogP contribution in [0.25, 0.3) is 34.0 Å². The molecule has 7 nitrogen and oxygen atoms in total. The molecule has 0 fully saturated rings. The maximum Gasteiger partial charge on any atom is 0.180 e. The molecular formula is C23H21N7. The lowest BCUT2D eigenvalue weighted by Gasteiger charge is -2.06. The first-order valence-electron chi connectivity index (χ1n) is 9.64. The Labute approximate surface area is 173 Å². The van der Waals surface area contributed by atoms with Crippen LogP contribution >= 0.6 is 0 Å². The summed E-state index contributed by atoms with van der Waals surface area (Å²) < 4.78 is 3.39. The molecule has 0 unspecified atom stereocenters. The van der Waals surface area contributed by atoms with Gasteiger partial charge in [-0.2, -0.15) is 9.78 Å². The van der Waals surface area contributed by atoms with Crippen LogP contribution in [-0.2, 0) is 0 Å². The minimum Gasteiger partial charge on any atom is -0.384 e. The van der Waals surface area contributed by atoms with Crippen LogP contribution in [-0.4, -0.2) is 24.4 Å². The molecule has 30 heavy (non-hydrogen) atoms. The Morgan fingerprint density at radius 1 is 0.733 bits per heavy atom. The van der Waals surface area contributed by atoms with Gasteiger partial charge in [-0.05, 0) is 13.8 Å². The highest BCUT2D eigenvalue weighted by atomic mass is 15.4. The van der Waals surface area contributed by atoms with E-state index in [9.17, 15) is 0 Å². The van der Waals surface area contributed by atoms with Gasteiger partial charge in [0.2, 0.25) is 0 Å². The number of hydrogen-bond donors (Lipinski definition) is 2. The summed E-state index contributed by atoms with van der Waals surface area (Å²) in [6, 6.07) is 21.9. The number of rotatable bonds is 3. The summed E-state index contributed by atoms with van der Waals surface area (Å²) in [6.07, 6.45) is 0. The molecule has 2 aromatic carbocycles. The van der Waals surface area contributed by atoms with Gasteiger partial charge in [0, 0.05) is 29.3 Å². The van der Waals surface area contributed by atoms with Crippen molar-refractivity contribution in [3.63, 3.8) is 0 Å². The molecule has 148 valence electrons. The maximum atomic E-state index is 6.26. The molecular weight excluding hydrogens is 374 g/mol. The van der Waals surface area contributed by atoms with E-state index in [-0.39, 0.29) is 0 Å². The SMILES string of the molecule is Cc1ccc(-c2cc(N)n(-c3cc4nc(N)cc(-c5ccc(C)cc5)n4n3)n2)cc1. The Hall–Kier alpha value is -4.13. The highest BCUT2D eigenvalue weighted by Gasteiger charge is 2.15. The van der Waals surface area contributed by atoms with E-state index in [0.29, 0.717) is 23.1 Å². The van der Waals surface area contributed by atoms with Gasteiger partial charge < -0.3 is 11.5 Å². The first-order valence-corrected chi connectivity index (χ1v) is 9.64. The third-order valence-electron chi connectivity index (χ3n) is 5.08. The van der Waals surface area contributed by atoms with Crippen molar-refractivity contribution >= 4 is 17.3 Å². The Bertz CT molecular complexity index is 1360. The van der Waals surface area contributed by atoms with Crippen LogP contribution in [0.4, 0.5) is 11.6 Å². The second-order valence-corrected chi connectivity index (χ2v) is 7.44. The lowest BCUT2D eigenvalue weighted by atomic mass is 10.1. The molecule has 5 rings (SSSR count). The van der Waals surface area contributed by atoms with E-state index in [4.69, 9.17) is 16.6 Å². The number of anilines is 2. The van der Waals surface area contributed by atoms with Gasteiger partial charge in [-0.3, -0.25) is 0 Å². The number of nitrogens with zero attached hydrogens (tertiary/aromatic N) is 5. The number of fused-ring (bicyclic) bond motifs is 1. The normalized spacial score (nSPS) is 11.3. The fourth-order valence-corrected chi connectivity index (χ4v) is 3.46. The fraction of sp³-hybridized carbons (Fsp3) is 0.0870. The Morgan fingerprint density at radius 2 is 1.37 bits per heavy atom. The van der Waals surface area contributed by atoms with Gasteiger partial charge in [-0.15, -0.1) is 5.10 Å². The fourth-order valence-electron chi connectivity index (χ4n) is 3.46. The second-order valence-electron chi connectivity index (χ2n) is 7.44. The predicted molar refractivity (Wildman–Crippen MR) is 119 cm³/mol. The molecule has 4 N–H and O–H groups in total. The van der Waals surface area contributed by atoms with Crippen molar-refractivity contribution in [2.75, 3.05) is 11.5 Å². The number of nitrogen functional groups attached to an aromatic ring is 2. The molecule has 7 heteroatoms. The van der Waals surface area contributed by atoms with Crippen LogP contribution < -0.4 is 11.5 Å². The molecule has 0 atom stereocenters. The zero-order chi connectivity index (χ0) is 20.8. The van der Waals surface area contributed by atoms with E-state index >= 15 is 0 Å². The van der Waals surface area contributed by atoms with Gasteiger partial charge in [0.25, 0.3) is 0 Å². The van der Waals surface area contributed by atoms with Crippen molar-refractivity contribution in [1.29, 1.82) is 0 Å². The van der Waals surface area contributed by atoms with E-state index in [2.05, 4.69) is 48.2 Å².